The van der Waals surface area contributed by atoms with E-state index >= 15 is 8.78 Å². The summed E-state index contributed by atoms with van der Waals surface area (Å²) in [6, 6.07) is 14.0. The SMILES string of the molecule is CC1(C)COC[C@H]1n1c(Cc2cc(F)c(-c3ccc(F)c(OCc4ccc(Cl)cc4F)c3)cc2F)nc2ccc(C(=O)O)cc21. The highest BCUT2D eigenvalue weighted by Gasteiger charge is 2.39. The lowest BCUT2D eigenvalue weighted by atomic mass is 9.87. The number of aromatic nitrogens is 2. The number of carboxylic acids is 1. The van der Waals surface area contributed by atoms with Crippen LogP contribution in [0.25, 0.3) is 22.2 Å². The topological polar surface area (TPSA) is 73.6 Å². The van der Waals surface area contributed by atoms with Crippen molar-refractivity contribution in [2.75, 3.05) is 13.2 Å². The summed E-state index contributed by atoms with van der Waals surface area (Å²) in [5.41, 5.74) is 1.03. The van der Waals surface area contributed by atoms with Crippen LogP contribution < -0.4 is 4.74 Å². The highest BCUT2D eigenvalue weighted by molar-refractivity contribution is 6.30. The van der Waals surface area contributed by atoms with Crippen LogP contribution in [-0.4, -0.2) is 33.8 Å². The molecular formula is C34H27ClF4N2O4. The molecule has 0 amide bonds. The van der Waals surface area contributed by atoms with Gasteiger partial charge in [-0.15, -0.1) is 0 Å². The molecule has 0 unspecified atom stereocenters. The van der Waals surface area contributed by atoms with Gasteiger partial charge in [0.25, 0.3) is 0 Å². The van der Waals surface area contributed by atoms with Gasteiger partial charge in [-0.05, 0) is 65.7 Å². The lowest BCUT2D eigenvalue weighted by Gasteiger charge is -2.28. The Morgan fingerprint density at radius 2 is 1.76 bits per heavy atom. The molecule has 0 bridgehead atoms. The maximum absolute atomic E-state index is 15.7. The van der Waals surface area contributed by atoms with Crippen molar-refractivity contribution in [1.82, 2.24) is 9.55 Å². The molecule has 0 spiro atoms. The van der Waals surface area contributed by atoms with E-state index in [1.54, 1.807) is 6.07 Å². The molecule has 2 heterocycles. The van der Waals surface area contributed by atoms with Crippen molar-refractivity contribution < 1.29 is 36.9 Å². The minimum Gasteiger partial charge on any atom is -0.486 e. The van der Waals surface area contributed by atoms with Gasteiger partial charge in [0.05, 0.1) is 35.9 Å². The number of hydrogen-bond donors (Lipinski definition) is 1. The molecule has 1 saturated heterocycles. The second-order valence-electron chi connectivity index (χ2n) is 11.7. The molecule has 0 radical (unpaired) electrons. The number of imidazole rings is 1. The van der Waals surface area contributed by atoms with Gasteiger partial charge in [0.2, 0.25) is 0 Å². The summed E-state index contributed by atoms with van der Waals surface area (Å²) in [7, 11) is 0. The second-order valence-corrected chi connectivity index (χ2v) is 12.1. The van der Waals surface area contributed by atoms with E-state index in [4.69, 9.17) is 21.1 Å². The molecule has 11 heteroatoms. The van der Waals surface area contributed by atoms with Gasteiger partial charge in [-0.2, -0.15) is 0 Å². The third-order valence-electron chi connectivity index (χ3n) is 8.10. The summed E-state index contributed by atoms with van der Waals surface area (Å²) in [6.45, 7) is 4.53. The first-order valence-corrected chi connectivity index (χ1v) is 14.5. The van der Waals surface area contributed by atoms with Crippen molar-refractivity contribution in [3.63, 3.8) is 0 Å². The van der Waals surface area contributed by atoms with E-state index < -0.39 is 29.2 Å². The zero-order valence-electron chi connectivity index (χ0n) is 24.2. The first-order chi connectivity index (χ1) is 21.4. The number of ether oxygens (including phenoxy) is 2. The molecule has 1 aliphatic heterocycles. The van der Waals surface area contributed by atoms with Crippen LogP contribution in [-0.2, 0) is 17.8 Å². The highest BCUT2D eigenvalue weighted by Crippen LogP contribution is 2.41. The van der Waals surface area contributed by atoms with E-state index in [-0.39, 0.29) is 63.1 Å². The molecule has 1 aliphatic rings. The van der Waals surface area contributed by atoms with Gasteiger partial charge in [0.15, 0.2) is 11.6 Å². The van der Waals surface area contributed by atoms with Gasteiger partial charge >= 0.3 is 5.97 Å². The van der Waals surface area contributed by atoms with Gasteiger partial charge in [0.1, 0.15) is 29.9 Å². The average Bonchev–Trinajstić information content (AvgIpc) is 3.52. The molecule has 6 rings (SSSR count). The van der Waals surface area contributed by atoms with Crippen LogP contribution in [0.5, 0.6) is 5.75 Å². The van der Waals surface area contributed by atoms with E-state index in [9.17, 15) is 18.7 Å². The van der Waals surface area contributed by atoms with Crippen LogP contribution in [0.4, 0.5) is 17.6 Å². The van der Waals surface area contributed by atoms with E-state index in [0.29, 0.717) is 30.1 Å². The lowest BCUT2D eigenvalue weighted by Crippen LogP contribution is -2.27. The van der Waals surface area contributed by atoms with Gasteiger partial charge in [0, 0.05) is 28.0 Å². The number of nitrogens with zero attached hydrogens (tertiary/aromatic N) is 2. The van der Waals surface area contributed by atoms with Gasteiger partial charge < -0.3 is 19.1 Å². The van der Waals surface area contributed by atoms with Crippen LogP contribution >= 0.6 is 11.6 Å². The Morgan fingerprint density at radius 1 is 0.978 bits per heavy atom. The number of fused-ring (bicyclic) bond motifs is 1. The molecular weight excluding hydrogens is 612 g/mol. The summed E-state index contributed by atoms with van der Waals surface area (Å²) < 4.78 is 73.1. The minimum atomic E-state index is -1.09. The Bertz CT molecular complexity index is 1960. The zero-order chi connectivity index (χ0) is 32.0. The van der Waals surface area contributed by atoms with E-state index in [0.717, 1.165) is 24.3 Å². The minimum absolute atomic E-state index is 0.0276. The molecule has 232 valence electrons. The Hall–Kier alpha value is -4.41. The van der Waals surface area contributed by atoms with E-state index in [1.807, 2.05) is 18.4 Å². The largest absolute Gasteiger partial charge is 0.486 e. The van der Waals surface area contributed by atoms with Gasteiger partial charge in [-0.1, -0.05) is 37.6 Å². The van der Waals surface area contributed by atoms with Crippen LogP contribution in [0, 0.1) is 28.7 Å². The predicted molar refractivity (Wildman–Crippen MR) is 161 cm³/mol. The maximum atomic E-state index is 15.7. The number of carbonyl (C=O) groups is 1. The quantitative estimate of drug-likeness (QED) is 0.173. The summed E-state index contributed by atoms with van der Waals surface area (Å²) in [6.07, 6.45) is -0.0862. The van der Waals surface area contributed by atoms with Crippen molar-refractivity contribution in [3.05, 3.63) is 118 Å². The molecule has 0 aliphatic carbocycles. The van der Waals surface area contributed by atoms with Crippen molar-refractivity contribution in [3.8, 4) is 16.9 Å². The van der Waals surface area contributed by atoms with Crippen LogP contribution in [0.15, 0.2) is 66.7 Å². The number of halogens is 5. The number of hydrogen-bond acceptors (Lipinski definition) is 4. The standard InChI is InChI=1S/C34H27ClF4N2O4/c1-34(2)17-44-16-31(34)41-29-10-19(33(42)43)5-8-28(29)40-32(41)12-21-9-27(39)23(14-26(21)38)18-4-7-24(36)30(11-18)45-15-20-3-6-22(35)13-25(20)37/h3-11,13-14,31H,12,15-17H2,1-2H3,(H,42,43)/t31-/m1/s1. The summed E-state index contributed by atoms with van der Waals surface area (Å²) >= 11 is 5.78. The fraction of sp³-hybridized carbons (Fsp3) is 0.235. The molecule has 1 fully saturated rings. The highest BCUT2D eigenvalue weighted by atomic mass is 35.5. The third-order valence-corrected chi connectivity index (χ3v) is 8.33. The molecule has 4 aromatic carbocycles. The Kier molecular flexibility index (Phi) is 8.05. The van der Waals surface area contributed by atoms with Gasteiger partial charge in [-0.25, -0.2) is 27.3 Å². The molecule has 6 nitrogen and oxygen atoms in total. The van der Waals surface area contributed by atoms with Crippen LogP contribution in [0.1, 0.15) is 47.2 Å². The molecule has 5 aromatic rings. The van der Waals surface area contributed by atoms with Crippen molar-refractivity contribution in [1.29, 1.82) is 0 Å². The number of carboxylic acid groups (broad SMARTS) is 1. The normalized spacial score (nSPS) is 15.9. The van der Waals surface area contributed by atoms with E-state index in [1.165, 1.54) is 36.4 Å². The maximum Gasteiger partial charge on any atom is 0.335 e. The Labute approximate surface area is 260 Å². The fourth-order valence-electron chi connectivity index (χ4n) is 5.62. The molecule has 45 heavy (non-hydrogen) atoms. The molecule has 1 aromatic heterocycles. The molecule has 1 N–H and O–H groups in total. The molecule has 1 atom stereocenters. The third kappa shape index (κ3) is 6.00. The lowest BCUT2D eigenvalue weighted by molar-refractivity contribution is 0.0697. The average molecular weight is 639 g/mol. The monoisotopic (exact) mass is 638 g/mol. The van der Waals surface area contributed by atoms with Crippen molar-refractivity contribution in [2.24, 2.45) is 5.41 Å². The zero-order valence-corrected chi connectivity index (χ0v) is 25.0. The summed E-state index contributed by atoms with van der Waals surface area (Å²) in [4.78, 5) is 16.4. The fourth-order valence-corrected chi connectivity index (χ4v) is 5.78. The Morgan fingerprint density at radius 3 is 2.47 bits per heavy atom. The Balaban J connectivity index is 1.33. The van der Waals surface area contributed by atoms with E-state index in [2.05, 4.69) is 4.98 Å². The number of rotatable bonds is 8. The first-order valence-electron chi connectivity index (χ1n) is 14.1. The summed E-state index contributed by atoms with van der Waals surface area (Å²) in [5.74, 6) is -3.78. The number of aromatic carboxylic acids is 1. The number of benzene rings is 4. The van der Waals surface area contributed by atoms with Crippen LogP contribution in [0.3, 0.4) is 0 Å². The van der Waals surface area contributed by atoms with Crippen molar-refractivity contribution >= 4 is 28.6 Å². The predicted octanol–water partition coefficient (Wildman–Crippen LogP) is 8.38. The first kappa shape index (κ1) is 30.6. The summed E-state index contributed by atoms with van der Waals surface area (Å²) in [5, 5.41) is 9.77. The smallest absolute Gasteiger partial charge is 0.335 e. The van der Waals surface area contributed by atoms with Crippen LogP contribution in [0.2, 0.25) is 5.02 Å². The molecule has 0 saturated carbocycles. The van der Waals surface area contributed by atoms with Gasteiger partial charge in [-0.3, -0.25) is 0 Å². The van der Waals surface area contributed by atoms with Crippen molar-refractivity contribution in [2.45, 2.75) is 32.9 Å². The second kappa shape index (κ2) is 11.8.